The molecule has 0 radical (unpaired) electrons. The molecule has 1 N–H and O–H groups in total. The Kier molecular flexibility index (Phi) is 9.65. The number of aliphatic hydroxyl groups is 1. The van der Waals surface area contributed by atoms with E-state index < -0.39 is 17.7 Å². The van der Waals surface area contributed by atoms with Crippen LogP contribution in [0.1, 0.15) is 40.8 Å². The molecule has 0 saturated carbocycles. The van der Waals surface area contributed by atoms with E-state index >= 15 is 0 Å². The number of halogens is 1. The molecule has 4 aromatic carbocycles. The Bertz CT molecular complexity index is 1930. The Labute approximate surface area is 279 Å². The van der Waals surface area contributed by atoms with Gasteiger partial charge in [-0.15, -0.1) is 10.2 Å². The number of ether oxygens (including phenoxy) is 2. The van der Waals surface area contributed by atoms with Crippen LogP contribution in [0.5, 0.6) is 11.5 Å². The minimum atomic E-state index is -1.03. The van der Waals surface area contributed by atoms with Crippen LogP contribution in [0, 0.1) is 12.7 Å². The number of amides is 1. The van der Waals surface area contributed by atoms with E-state index in [-0.39, 0.29) is 22.3 Å². The number of anilines is 1. The predicted molar refractivity (Wildman–Crippen MR) is 180 cm³/mol. The summed E-state index contributed by atoms with van der Waals surface area (Å²) in [4.78, 5) is 28.7. The van der Waals surface area contributed by atoms with Crippen molar-refractivity contribution >= 4 is 45.7 Å². The van der Waals surface area contributed by atoms with Crippen LogP contribution in [0.4, 0.5) is 9.52 Å². The molecule has 1 amide bonds. The lowest BCUT2D eigenvalue weighted by molar-refractivity contribution is -0.132. The maximum Gasteiger partial charge on any atom is 0.301 e. The largest absolute Gasteiger partial charge is 0.507 e. The minimum Gasteiger partial charge on any atom is -0.507 e. The van der Waals surface area contributed by atoms with Crippen molar-refractivity contribution in [2.24, 2.45) is 0 Å². The first-order valence-corrected chi connectivity index (χ1v) is 16.6. The number of benzene rings is 4. The zero-order valence-electron chi connectivity index (χ0n) is 25.6. The van der Waals surface area contributed by atoms with Crippen molar-refractivity contribution < 1.29 is 28.6 Å². The fourth-order valence-corrected chi connectivity index (χ4v) is 6.94. The molecule has 1 unspecified atom stereocenters. The van der Waals surface area contributed by atoms with E-state index in [4.69, 9.17) is 9.47 Å². The molecule has 1 atom stereocenters. The highest BCUT2D eigenvalue weighted by Crippen LogP contribution is 2.45. The molecule has 6 rings (SSSR count). The van der Waals surface area contributed by atoms with Gasteiger partial charge in [-0.25, -0.2) is 4.39 Å². The Hall–Kier alpha value is -5.00. The second-order valence-electron chi connectivity index (χ2n) is 10.7. The molecule has 0 bridgehead atoms. The van der Waals surface area contributed by atoms with Gasteiger partial charge in [0.05, 0.1) is 18.2 Å². The van der Waals surface area contributed by atoms with E-state index in [0.29, 0.717) is 45.9 Å². The molecule has 2 heterocycles. The Morgan fingerprint density at radius 2 is 1.66 bits per heavy atom. The normalized spacial score (nSPS) is 15.6. The first kappa shape index (κ1) is 32.0. The zero-order chi connectivity index (χ0) is 32.9. The second-order valence-corrected chi connectivity index (χ2v) is 12.9. The van der Waals surface area contributed by atoms with Crippen LogP contribution in [0.2, 0.25) is 0 Å². The number of hydrogen-bond acceptors (Lipinski definition) is 9. The summed E-state index contributed by atoms with van der Waals surface area (Å²) in [5.74, 6) is -0.870. The highest BCUT2D eigenvalue weighted by molar-refractivity contribution is 8.00. The molecular formula is C36H30FN3O5S2. The van der Waals surface area contributed by atoms with Gasteiger partial charge in [-0.05, 0) is 54.8 Å². The van der Waals surface area contributed by atoms with Gasteiger partial charge in [-0.2, -0.15) is 0 Å². The maximum atomic E-state index is 13.7. The molecule has 47 heavy (non-hydrogen) atoms. The number of thioether (sulfide) groups is 1. The van der Waals surface area contributed by atoms with Crippen molar-refractivity contribution in [3.8, 4) is 11.5 Å². The van der Waals surface area contributed by atoms with Crippen molar-refractivity contribution in [2.45, 2.75) is 36.6 Å². The van der Waals surface area contributed by atoms with E-state index in [1.54, 1.807) is 42.5 Å². The van der Waals surface area contributed by atoms with Gasteiger partial charge in [0.15, 0.2) is 15.8 Å². The summed E-state index contributed by atoms with van der Waals surface area (Å²) in [5, 5.41) is 20.3. The van der Waals surface area contributed by atoms with Crippen LogP contribution >= 0.6 is 23.1 Å². The van der Waals surface area contributed by atoms with Gasteiger partial charge in [0.25, 0.3) is 5.78 Å². The maximum absolute atomic E-state index is 13.7. The molecule has 1 aliphatic rings. The van der Waals surface area contributed by atoms with Gasteiger partial charge in [0.1, 0.15) is 18.2 Å². The number of rotatable bonds is 11. The van der Waals surface area contributed by atoms with Crippen LogP contribution in [0.3, 0.4) is 0 Å². The highest BCUT2D eigenvalue weighted by atomic mass is 32.2. The minimum absolute atomic E-state index is 0.0741. The predicted octanol–water partition coefficient (Wildman–Crippen LogP) is 7.88. The molecular weight excluding hydrogens is 638 g/mol. The SMILES string of the molecule is CCOc1cc(C2C(=C(O)c3ccc(C)cc3)C(=O)C(=O)N2c2nnc(SCc3ccc(F)cc3)s2)ccc1OCc1ccccc1. The van der Waals surface area contributed by atoms with E-state index in [2.05, 4.69) is 10.2 Å². The summed E-state index contributed by atoms with van der Waals surface area (Å²) in [5.41, 5.74) is 3.70. The number of carbonyl (C=O) groups excluding carboxylic acids is 2. The summed E-state index contributed by atoms with van der Waals surface area (Å²) in [6.07, 6.45) is 0. The molecule has 238 valence electrons. The van der Waals surface area contributed by atoms with Crippen molar-refractivity contribution in [3.63, 3.8) is 0 Å². The number of aliphatic hydroxyl groups excluding tert-OH is 1. The third kappa shape index (κ3) is 7.06. The number of ketones is 1. The van der Waals surface area contributed by atoms with Gasteiger partial charge < -0.3 is 14.6 Å². The third-order valence-corrected chi connectivity index (χ3v) is 9.59. The number of hydrogen-bond donors (Lipinski definition) is 1. The quantitative estimate of drug-likeness (QED) is 0.0499. The van der Waals surface area contributed by atoms with Crippen LogP contribution in [0.15, 0.2) is 107 Å². The Balaban J connectivity index is 1.39. The molecule has 0 aliphatic carbocycles. The average Bonchev–Trinajstić information content (AvgIpc) is 3.66. The van der Waals surface area contributed by atoms with Crippen molar-refractivity contribution in [1.29, 1.82) is 0 Å². The van der Waals surface area contributed by atoms with Crippen molar-refractivity contribution in [1.82, 2.24) is 10.2 Å². The molecule has 1 saturated heterocycles. The molecule has 0 spiro atoms. The monoisotopic (exact) mass is 667 g/mol. The van der Waals surface area contributed by atoms with Gasteiger partial charge in [0, 0.05) is 11.3 Å². The average molecular weight is 668 g/mol. The number of Topliss-reactive ketones (excluding diaryl/α,β-unsaturated/α-hetero) is 1. The van der Waals surface area contributed by atoms with Crippen LogP contribution in [0.25, 0.3) is 5.76 Å². The van der Waals surface area contributed by atoms with E-state index in [1.165, 1.54) is 28.8 Å². The summed E-state index contributed by atoms with van der Waals surface area (Å²) in [7, 11) is 0. The number of aromatic nitrogens is 2. The summed E-state index contributed by atoms with van der Waals surface area (Å²) in [6.45, 7) is 4.43. The first-order chi connectivity index (χ1) is 22.8. The topological polar surface area (TPSA) is 102 Å². The van der Waals surface area contributed by atoms with Gasteiger partial charge in [-0.3, -0.25) is 14.5 Å². The first-order valence-electron chi connectivity index (χ1n) is 14.8. The lowest BCUT2D eigenvalue weighted by Crippen LogP contribution is -2.29. The number of aryl methyl sites for hydroxylation is 1. The van der Waals surface area contributed by atoms with Crippen LogP contribution < -0.4 is 14.4 Å². The van der Waals surface area contributed by atoms with E-state index in [0.717, 1.165) is 28.0 Å². The fourth-order valence-electron chi connectivity index (χ4n) is 5.11. The van der Waals surface area contributed by atoms with E-state index in [9.17, 15) is 19.1 Å². The van der Waals surface area contributed by atoms with Gasteiger partial charge >= 0.3 is 5.91 Å². The second kappa shape index (κ2) is 14.2. The third-order valence-electron chi connectivity index (χ3n) is 7.47. The van der Waals surface area contributed by atoms with E-state index in [1.807, 2.05) is 56.3 Å². The lowest BCUT2D eigenvalue weighted by Gasteiger charge is -2.23. The Morgan fingerprint density at radius 1 is 0.915 bits per heavy atom. The standard InChI is InChI=1S/C36H30FN3O5S2/c1-3-44-29-19-26(15-18-28(29)45-20-23-7-5-4-6-8-23)31-30(32(41)25-13-9-22(2)10-14-25)33(42)34(43)40(31)35-38-39-36(47-35)46-21-24-11-16-27(37)17-12-24/h4-19,31,41H,3,20-21H2,1-2H3. The smallest absolute Gasteiger partial charge is 0.301 e. The zero-order valence-corrected chi connectivity index (χ0v) is 27.2. The molecule has 1 fully saturated rings. The molecule has 1 aromatic heterocycles. The molecule has 8 nitrogen and oxygen atoms in total. The molecule has 5 aromatic rings. The summed E-state index contributed by atoms with van der Waals surface area (Å²) < 4.78 is 26.0. The molecule has 1 aliphatic heterocycles. The summed E-state index contributed by atoms with van der Waals surface area (Å²) >= 11 is 2.53. The van der Waals surface area contributed by atoms with Gasteiger partial charge in [-0.1, -0.05) is 101 Å². The number of carbonyl (C=O) groups is 2. The van der Waals surface area contributed by atoms with Crippen LogP contribution in [-0.4, -0.2) is 33.6 Å². The Morgan fingerprint density at radius 3 is 2.38 bits per heavy atom. The lowest BCUT2D eigenvalue weighted by atomic mass is 9.95. The van der Waals surface area contributed by atoms with Crippen LogP contribution in [-0.2, 0) is 21.9 Å². The van der Waals surface area contributed by atoms with Gasteiger partial charge in [0.2, 0.25) is 5.13 Å². The van der Waals surface area contributed by atoms with Crippen molar-refractivity contribution in [2.75, 3.05) is 11.5 Å². The fraction of sp³-hybridized carbons (Fsp3) is 0.167. The van der Waals surface area contributed by atoms with Crippen molar-refractivity contribution in [3.05, 3.63) is 136 Å². The number of nitrogens with zero attached hydrogens (tertiary/aromatic N) is 3. The molecule has 11 heteroatoms. The summed E-state index contributed by atoms with van der Waals surface area (Å²) in [6, 6.07) is 27.1. The highest BCUT2D eigenvalue weighted by Gasteiger charge is 2.48.